The van der Waals surface area contributed by atoms with Crippen LogP contribution in [0.3, 0.4) is 0 Å². The fraction of sp³-hybridized carbons (Fsp3) is 0.300. The summed E-state index contributed by atoms with van der Waals surface area (Å²) in [5.41, 5.74) is -0.965. The number of benzene rings is 2. The van der Waals surface area contributed by atoms with Crippen LogP contribution in [0.2, 0.25) is 5.02 Å². The number of anilines is 2. The molecule has 2 aromatic carbocycles. The summed E-state index contributed by atoms with van der Waals surface area (Å²) in [6, 6.07) is 9.93. The van der Waals surface area contributed by atoms with Crippen LogP contribution >= 0.6 is 11.6 Å². The fourth-order valence-corrected chi connectivity index (χ4v) is 2.85. The number of nitrogens with one attached hydrogen (secondary N) is 2. The largest absolute Gasteiger partial charge is 0.495 e. The molecule has 0 aliphatic heterocycles. The number of nitrogens with zero attached hydrogens (tertiary/aromatic N) is 1. The average Bonchev–Trinajstić information content (AvgIpc) is 2.68. The minimum absolute atomic E-state index is 0.0940. The lowest BCUT2D eigenvalue weighted by Gasteiger charge is -2.20. The van der Waals surface area contributed by atoms with E-state index < -0.39 is 29.2 Å². The summed E-state index contributed by atoms with van der Waals surface area (Å²) in [6.45, 7) is 1.66. The van der Waals surface area contributed by atoms with Gasteiger partial charge in [0.15, 0.2) is 0 Å². The van der Waals surface area contributed by atoms with Crippen LogP contribution in [0.1, 0.15) is 12.5 Å². The highest BCUT2D eigenvalue weighted by atomic mass is 35.5. The predicted octanol–water partition coefficient (Wildman–Crippen LogP) is 4.27. The number of rotatable bonds is 8. The third-order valence-corrected chi connectivity index (χ3v) is 4.36. The van der Waals surface area contributed by atoms with Crippen molar-refractivity contribution in [1.82, 2.24) is 4.90 Å². The van der Waals surface area contributed by atoms with Gasteiger partial charge < -0.3 is 15.4 Å². The number of methoxy groups -OCH3 is 1. The number of likely N-dealkylation sites (N-methyl/N-ethyl adjacent to an activating group) is 1. The van der Waals surface area contributed by atoms with Gasteiger partial charge in [-0.15, -0.1) is 0 Å². The number of carbonyl (C=O) groups excluding carboxylic acids is 2. The maximum atomic E-state index is 13.2. The number of ether oxygens (including phenoxy) is 1. The molecule has 10 heteroatoms. The molecule has 2 amide bonds. The van der Waals surface area contributed by atoms with Crippen molar-refractivity contribution in [3.05, 3.63) is 53.1 Å². The Morgan fingerprint density at radius 3 is 2.20 bits per heavy atom. The number of hydrogen-bond donors (Lipinski definition) is 2. The fourth-order valence-electron chi connectivity index (χ4n) is 2.67. The Morgan fingerprint density at radius 2 is 1.63 bits per heavy atom. The molecular formula is C20H21ClF3N3O3. The van der Waals surface area contributed by atoms with E-state index in [1.165, 1.54) is 18.1 Å². The van der Waals surface area contributed by atoms with Gasteiger partial charge in [0.2, 0.25) is 11.8 Å². The van der Waals surface area contributed by atoms with Gasteiger partial charge in [-0.05, 0) is 36.9 Å². The zero-order valence-electron chi connectivity index (χ0n) is 16.3. The summed E-state index contributed by atoms with van der Waals surface area (Å²) < 4.78 is 44.7. The minimum Gasteiger partial charge on any atom is -0.495 e. The van der Waals surface area contributed by atoms with Crippen LogP contribution < -0.4 is 15.4 Å². The molecule has 0 aliphatic carbocycles. The molecule has 0 saturated heterocycles. The zero-order chi connectivity index (χ0) is 22.3. The smallest absolute Gasteiger partial charge is 0.418 e. The molecule has 0 saturated carbocycles. The second-order valence-electron chi connectivity index (χ2n) is 6.29. The van der Waals surface area contributed by atoms with Gasteiger partial charge in [-0.2, -0.15) is 13.2 Å². The Hall–Kier alpha value is -2.78. The number of alkyl halides is 3. The van der Waals surface area contributed by atoms with Crippen LogP contribution in [-0.2, 0) is 15.8 Å². The van der Waals surface area contributed by atoms with Gasteiger partial charge in [-0.3, -0.25) is 14.5 Å². The molecule has 2 aromatic rings. The van der Waals surface area contributed by atoms with Gasteiger partial charge >= 0.3 is 6.18 Å². The number of hydrogen-bond acceptors (Lipinski definition) is 4. The lowest BCUT2D eigenvalue weighted by Crippen LogP contribution is -2.38. The molecule has 0 unspecified atom stereocenters. The highest BCUT2D eigenvalue weighted by Crippen LogP contribution is 2.36. The van der Waals surface area contributed by atoms with Crippen molar-refractivity contribution in [2.75, 3.05) is 37.4 Å². The van der Waals surface area contributed by atoms with Crippen molar-refractivity contribution < 1.29 is 27.5 Å². The van der Waals surface area contributed by atoms with Crippen molar-refractivity contribution >= 4 is 34.8 Å². The van der Waals surface area contributed by atoms with Crippen LogP contribution in [0.5, 0.6) is 5.75 Å². The summed E-state index contributed by atoms with van der Waals surface area (Å²) in [4.78, 5) is 26.1. The van der Waals surface area contributed by atoms with E-state index in [4.69, 9.17) is 16.3 Å². The van der Waals surface area contributed by atoms with E-state index in [1.807, 2.05) is 0 Å². The summed E-state index contributed by atoms with van der Waals surface area (Å²) in [7, 11) is 1.47. The monoisotopic (exact) mass is 443 g/mol. The number of amides is 2. The van der Waals surface area contributed by atoms with Crippen LogP contribution in [-0.4, -0.2) is 43.5 Å². The van der Waals surface area contributed by atoms with Crippen molar-refractivity contribution in [1.29, 1.82) is 0 Å². The lowest BCUT2D eigenvalue weighted by molar-refractivity contribution is -0.137. The quantitative estimate of drug-likeness (QED) is 0.639. The molecule has 2 N–H and O–H groups in total. The first-order chi connectivity index (χ1) is 14.1. The molecular weight excluding hydrogens is 423 g/mol. The SMILES string of the molecule is CCN(CC(=O)Nc1ccccc1OC)CC(=O)Nc1ccc(Cl)cc1C(F)(F)F. The Balaban J connectivity index is 2.01. The van der Waals surface area contributed by atoms with E-state index in [1.54, 1.807) is 31.2 Å². The van der Waals surface area contributed by atoms with E-state index in [-0.39, 0.29) is 18.1 Å². The van der Waals surface area contributed by atoms with Crippen molar-refractivity contribution in [2.24, 2.45) is 0 Å². The molecule has 0 aliphatic rings. The molecule has 0 spiro atoms. The molecule has 0 heterocycles. The first-order valence-electron chi connectivity index (χ1n) is 8.95. The van der Waals surface area contributed by atoms with Gasteiger partial charge in [0.1, 0.15) is 5.75 Å². The molecule has 0 aromatic heterocycles. The highest BCUT2D eigenvalue weighted by molar-refractivity contribution is 6.30. The molecule has 0 fully saturated rings. The second kappa shape index (κ2) is 10.3. The van der Waals surface area contributed by atoms with E-state index in [0.717, 1.165) is 12.1 Å². The van der Waals surface area contributed by atoms with Crippen LogP contribution in [0.25, 0.3) is 0 Å². The van der Waals surface area contributed by atoms with Crippen LogP contribution in [0.15, 0.2) is 42.5 Å². The van der Waals surface area contributed by atoms with Gasteiger partial charge in [-0.1, -0.05) is 30.7 Å². The summed E-state index contributed by atoms with van der Waals surface area (Å²) >= 11 is 5.64. The maximum Gasteiger partial charge on any atom is 0.418 e. The van der Waals surface area contributed by atoms with Gasteiger partial charge in [-0.25, -0.2) is 0 Å². The van der Waals surface area contributed by atoms with E-state index >= 15 is 0 Å². The Labute approximate surface area is 177 Å². The van der Waals surface area contributed by atoms with Gasteiger partial charge in [0.05, 0.1) is 37.1 Å². The molecule has 2 rings (SSSR count). The lowest BCUT2D eigenvalue weighted by atomic mass is 10.1. The molecule has 6 nitrogen and oxygen atoms in total. The van der Waals surface area contributed by atoms with Crippen LogP contribution in [0, 0.1) is 0 Å². The Morgan fingerprint density at radius 1 is 1.03 bits per heavy atom. The number of halogens is 4. The minimum atomic E-state index is -4.67. The summed E-state index contributed by atoms with van der Waals surface area (Å²) in [5.74, 6) is -0.597. The molecule has 0 radical (unpaired) electrons. The highest BCUT2D eigenvalue weighted by Gasteiger charge is 2.34. The predicted molar refractivity (Wildman–Crippen MR) is 109 cm³/mol. The number of carbonyl (C=O) groups is 2. The topological polar surface area (TPSA) is 70.7 Å². The third-order valence-electron chi connectivity index (χ3n) is 4.12. The molecule has 162 valence electrons. The van der Waals surface area contributed by atoms with E-state index in [0.29, 0.717) is 18.0 Å². The van der Waals surface area contributed by atoms with Crippen molar-refractivity contribution in [2.45, 2.75) is 13.1 Å². The van der Waals surface area contributed by atoms with Crippen molar-refractivity contribution in [3.63, 3.8) is 0 Å². The third kappa shape index (κ3) is 6.64. The van der Waals surface area contributed by atoms with E-state index in [2.05, 4.69) is 10.6 Å². The summed E-state index contributed by atoms with van der Waals surface area (Å²) in [6.07, 6.45) is -4.67. The Kier molecular flexibility index (Phi) is 8.08. The number of para-hydroxylation sites is 2. The van der Waals surface area contributed by atoms with Crippen LogP contribution in [0.4, 0.5) is 24.5 Å². The Bertz CT molecular complexity index is 906. The zero-order valence-corrected chi connectivity index (χ0v) is 17.1. The first-order valence-corrected chi connectivity index (χ1v) is 9.33. The first kappa shape index (κ1) is 23.5. The standard InChI is InChI=1S/C20H21ClF3N3O3/c1-3-27(12-19(29)26-16-6-4-5-7-17(16)30-2)11-18(28)25-15-9-8-13(21)10-14(15)20(22,23)24/h4-10H,3,11-12H2,1-2H3,(H,25,28)(H,26,29). The maximum absolute atomic E-state index is 13.2. The second-order valence-corrected chi connectivity index (χ2v) is 6.72. The molecule has 30 heavy (non-hydrogen) atoms. The molecule has 0 bridgehead atoms. The normalized spacial score (nSPS) is 11.3. The van der Waals surface area contributed by atoms with Gasteiger partial charge in [0, 0.05) is 5.02 Å². The summed E-state index contributed by atoms with van der Waals surface area (Å²) in [5, 5.41) is 4.83. The average molecular weight is 444 g/mol. The molecule has 0 atom stereocenters. The van der Waals surface area contributed by atoms with E-state index in [9.17, 15) is 22.8 Å². The van der Waals surface area contributed by atoms with Crippen molar-refractivity contribution in [3.8, 4) is 5.75 Å². The van der Waals surface area contributed by atoms with Gasteiger partial charge in [0.25, 0.3) is 0 Å².